The van der Waals surface area contributed by atoms with Gasteiger partial charge in [0.1, 0.15) is 5.75 Å². The molecule has 0 aliphatic rings. The van der Waals surface area contributed by atoms with E-state index in [0.29, 0.717) is 11.4 Å². The van der Waals surface area contributed by atoms with E-state index in [1.165, 1.54) is 0 Å². The summed E-state index contributed by atoms with van der Waals surface area (Å²) in [7, 11) is 0. The summed E-state index contributed by atoms with van der Waals surface area (Å²) >= 11 is 5.73. The molecule has 0 radical (unpaired) electrons. The Morgan fingerprint density at radius 3 is 2.85 bits per heavy atom. The van der Waals surface area contributed by atoms with Gasteiger partial charge in [0.05, 0.1) is 5.02 Å². The van der Waals surface area contributed by atoms with E-state index in [-0.39, 0.29) is 11.8 Å². The fourth-order valence-corrected chi connectivity index (χ4v) is 1.26. The first-order chi connectivity index (χ1) is 6.15. The highest BCUT2D eigenvalue weighted by atomic mass is 35.5. The number of nitrogens with two attached hydrogens (primary N) is 1. The standard InChI is InChI=1S/C10H12ClNO/c1-2-3-9(12)7-4-5-10(13)8(11)6-7/h2,4-6,9,13H,1,3,12H2/t9-/m1/s1. The molecule has 2 nitrogen and oxygen atoms in total. The van der Waals surface area contributed by atoms with E-state index in [4.69, 9.17) is 22.4 Å². The van der Waals surface area contributed by atoms with Gasteiger partial charge in [-0.25, -0.2) is 0 Å². The molecule has 0 heterocycles. The highest BCUT2D eigenvalue weighted by molar-refractivity contribution is 6.32. The van der Waals surface area contributed by atoms with Gasteiger partial charge >= 0.3 is 0 Å². The average Bonchev–Trinajstić information content (AvgIpc) is 2.10. The summed E-state index contributed by atoms with van der Waals surface area (Å²) in [5, 5.41) is 9.49. The third kappa shape index (κ3) is 2.47. The summed E-state index contributed by atoms with van der Waals surface area (Å²) in [6, 6.07) is 4.87. The number of phenolic OH excluding ortho intramolecular Hbond substituents is 1. The van der Waals surface area contributed by atoms with Gasteiger partial charge < -0.3 is 10.8 Å². The Morgan fingerprint density at radius 2 is 2.31 bits per heavy atom. The third-order valence-electron chi connectivity index (χ3n) is 1.82. The van der Waals surface area contributed by atoms with E-state index in [0.717, 1.165) is 5.56 Å². The van der Waals surface area contributed by atoms with E-state index < -0.39 is 0 Å². The molecule has 0 amide bonds. The molecule has 1 aromatic carbocycles. The Hall–Kier alpha value is -0.990. The fourth-order valence-electron chi connectivity index (χ4n) is 1.07. The lowest BCUT2D eigenvalue weighted by molar-refractivity contribution is 0.475. The van der Waals surface area contributed by atoms with Gasteiger partial charge in [-0.1, -0.05) is 23.7 Å². The second-order valence-electron chi connectivity index (χ2n) is 2.84. The number of benzene rings is 1. The van der Waals surface area contributed by atoms with Crippen LogP contribution in [0.2, 0.25) is 5.02 Å². The van der Waals surface area contributed by atoms with Crippen molar-refractivity contribution >= 4 is 11.6 Å². The van der Waals surface area contributed by atoms with Crippen LogP contribution in [0.4, 0.5) is 0 Å². The average molecular weight is 198 g/mol. The van der Waals surface area contributed by atoms with Gasteiger partial charge in [-0.05, 0) is 24.1 Å². The van der Waals surface area contributed by atoms with Crippen LogP contribution in [0.25, 0.3) is 0 Å². The zero-order valence-corrected chi connectivity index (χ0v) is 7.96. The molecule has 1 rings (SSSR count). The summed E-state index contributed by atoms with van der Waals surface area (Å²) in [4.78, 5) is 0. The van der Waals surface area contributed by atoms with Crippen molar-refractivity contribution in [1.82, 2.24) is 0 Å². The van der Waals surface area contributed by atoms with Crippen LogP contribution < -0.4 is 5.73 Å². The smallest absolute Gasteiger partial charge is 0.134 e. The van der Waals surface area contributed by atoms with Crippen LogP contribution in [0.5, 0.6) is 5.75 Å². The van der Waals surface area contributed by atoms with E-state index in [9.17, 15) is 0 Å². The first kappa shape index (κ1) is 10.1. The zero-order chi connectivity index (χ0) is 9.84. The number of aromatic hydroxyl groups is 1. The molecule has 3 heteroatoms. The molecule has 0 aromatic heterocycles. The summed E-state index contributed by atoms with van der Waals surface area (Å²) in [5.74, 6) is 0.0798. The van der Waals surface area contributed by atoms with Crippen LogP contribution in [-0.2, 0) is 0 Å². The molecular formula is C10H12ClNO. The van der Waals surface area contributed by atoms with E-state index in [2.05, 4.69) is 6.58 Å². The predicted molar refractivity (Wildman–Crippen MR) is 54.9 cm³/mol. The quantitative estimate of drug-likeness (QED) is 0.732. The van der Waals surface area contributed by atoms with E-state index in [1.807, 2.05) is 0 Å². The van der Waals surface area contributed by atoms with Crippen molar-refractivity contribution in [3.63, 3.8) is 0 Å². The van der Waals surface area contributed by atoms with Crippen molar-refractivity contribution in [2.45, 2.75) is 12.5 Å². The molecule has 0 bridgehead atoms. The van der Waals surface area contributed by atoms with Crippen LogP contribution in [0.1, 0.15) is 18.0 Å². The maximum absolute atomic E-state index is 9.16. The second-order valence-corrected chi connectivity index (χ2v) is 3.25. The monoisotopic (exact) mass is 197 g/mol. The summed E-state index contributed by atoms with van der Waals surface area (Å²) in [6.45, 7) is 3.60. The van der Waals surface area contributed by atoms with Gasteiger partial charge in [-0.15, -0.1) is 6.58 Å². The van der Waals surface area contributed by atoms with Gasteiger partial charge in [0.2, 0.25) is 0 Å². The molecule has 0 fully saturated rings. The maximum atomic E-state index is 9.16. The normalized spacial score (nSPS) is 12.5. The predicted octanol–water partition coefficient (Wildman–Crippen LogP) is 2.62. The van der Waals surface area contributed by atoms with Crippen LogP contribution in [0.3, 0.4) is 0 Å². The molecule has 1 aromatic rings. The van der Waals surface area contributed by atoms with Crippen LogP contribution >= 0.6 is 11.6 Å². The first-order valence-corrected chi connectivity index (χ1v) is 4.38. The van der Waals surface area contributed by atoms with Gasteiger partial charge in [0.15, 0.2) is 0 Å². The van der Waals surface area contributed by atoms with Gasteiger partial charge in [-0.3, -0.25) is 0 Å². The summed E-state index contributed by atoms with van der Waals surface area (Å²) in [5.41, 5.74) is 6.72. The lowest BCUT2D eigenvalue weighted by atomic mass is 10.0. The fraction of sp³-hybridized carbons (Fsp3) is 0.200. The molecule has 70 valence electrons. The zero-order valence-electron chi connectivity index (χ0n) is 7.20. The minimum Gasteiger partial charge on any atom is -0.506 e. The third-order valence-corrected chi connectivity index (χ3v) is 2.12. The van der Waals surface area contributed by atoms with Crippen molar-refractivity contribution < 1.29 is 5.11 Å². The number of rotatable bonds is 3. The molecule has 3 N–H and O–H groups in total. The highest BCUT2D eigenvalue weighted by Crippen LogP contribution is 2.26. The van der Waals surface area contributed by atoms with Crippen molar-refractivity contribution in [2.75, 3.05) is 0 Å². The maximum Gasteiger partial charge on any atom is 0.134 e. The Kier molecular flexibility index (Phi) is 3.34. The number of phenols is 1. The number of hydrogen-bond donors (Lipinski definition) is 2. The van der Waals surface area contributed by atoms with Crippen LogP contribution in [0, 0.1) is 0 Å². The highest BCUT2D eigenvalue weighted by Gasteiger charge is 2.06. The topological polar surface area (TPSA) is 46.2 Å². The first-order valence-electron chi connectivity index (χ1n) is 4.00. The summed E-state index contributed by atoms with van der Waals surface area (Å²) < 4.78 is 0. The Bertz CT molecular complexity index is 312. The lowest BCUT2D eigenvalue weighted by Crippen LogP contribution is -2.08. The molecule has 0 aliphatic carbocycles. The Morgan fingerprint density at radius 1 is 1.62 bits per heavy atom. The van der Waals surface area contributed by atoms with Crippen molar-refractivity contribution in [1.29, 1.82) is 0 Å². The molecule has 0 unspecified atom stereocenters. The van der Waals surface area contributed by atoms with Crippen LogP contribution in [-0.4, -0.2) is 5.11 Å². The van der Waals surface area contributed by atoms with Gasteiger partial charge in [0.25, 0.3) is 0 Å². The van der Waals surface area contributed by atoms with Crippen molar-refractivity contribution in [3.8, 4) is 5.75 Å². The molecule has 0 saturated heterocycles. The minimum atomic E-state index is -0.101. The Labute approximate surface area is 82.6 Å². The number of hydrogen-bond acceptors (Lipinski definition) is 2. The largest absolute Gasteiger partial charge is 0.506 e. The van der Waals surface area contributed by atoms with Crippen molar-refractivity contribution in [3.05, 3.63) is 41.4 Å². The second kappa shape index (κ2) is 4.30. The molecule has 13 heavy (non-hydrogen) atoms. The van der Waals surface area contributed by atoms with Gasteiger partial charge in [0, 0.05) is 6.04 Å². The minimum absolute atomic E-state index is 0.0798. The van der Waals surface area contributed by atoms with Gasteiger partial charge in [-0.2, -0.15) is 0 Å². The van der Waals surface area contributed by atoms with Crippen molar-refractivity contribution in [2.24, 2.45) is 5.73 Å². The summed E-state index contributed by atoms with van der Waals surface area (Å²) in [6.07, 6.45) is 2.45. The molecule has 0 spiro atoms. The lowest BCUT2D eigenvalue weighted by Gasteiger charge is -2.09. The molecule has 0 saturated carbocycles. The molecule has 1 atom stereocenters. The SMILES string of the molecule is C=CC[C@@H](N)c1ccc(O)c(Cl)c1. The number of halogens is 1. The van der Waals surface area contributed by atoms with E-state index in [1.54, 1.807) is 24.3 Å². The van der Waals surface area contributed by atoms with Crippen LogP contribution in [0.15, 0.2) is 30.9 Å². The molecule has 0 aliphatic heterocycles. The molecular weight excluding hydrogens is 186 g/mol. The Balaban J connectivity index is 2.89. The van der Waals surface area contributed by atoms with E-state index >= 15 is 0 Å².